The number of rotatable bonds is 0. The summed E-state index contributed by atoms with van der Waals surface area (Å²) in [4.78, 5) is 13.3. The van der Waals surface area contributed by atoms with Crippen LogP contribution >= 0.6 is 22.6 Å². The van der Waals surface area contributed by atoms with Crippen molar-refractivity contribution in [2.75, 3.05) is 13.1 Å². The fourth-order valence-corrected chi connectivity index (χ4v) is 2.23. The summed E-state index contributed by atoms with van der Waals surface area (Å²) in [5, 5.41) is 8.83. The van der Waals surface area contributed by atoms with Crippen molar-refractivity contribution in [1.82, 2.24) is 4.90 Å². The first-order valence-electron chi connectivity index (χ1n) is 4.85. The molecule has 84 valence electrons. The van der Waals surface area contributed by atoms with Crippen molar-refractivity contribution in [3.63, 3.8) is 0 Å². The molecule has 0 spiro atoms. The van der Waals surface area contributed by atoms with Crippen LogP contribution in [0.4, 0.5) is 4.79 Å². The molecule has 1 rings (SSSR count). The summed E-state index contributed by atoms with van der Waals surface area (Å²) < 4.78 is 5.45. The van der Waals surface area contributed by atoms with E-state index in [2.05, 4.69) is 28.7 Å². The lowest BCUT2D eigenvalue weighted by Gasteiger charge is -2.24. The van der Waals surface area contributed by atoms with Gasteiger partial charge in [-0.3, -0.25) is 0 Å². The molecule has 1 amide bonds. The molecule has 4 nitrogen and oxygen atoms in total. The third-order valence-corrected chi connectivity index (χ3v) is 3.33. The zero-order valence-corrected chi connectivity index (χ0v) is 11.3. The van der Waals surface area contributed by atoms with E-state index in [1.807, 2.05) is 20.8 Å². The van der Waals surface area contributed by atoms with Crippen LogP contribution in [0.5, 0.6) is 0 Å². The van der Waals surface area contributed by atoms with Crippen LogP contribution in [0.2, 0.25) is 0 Å². The molecule has 5 heteroatoms. The van der Waals surface area contributed by atoms with Crippen molar-refractivity contribution >= 4 is 28.7 Å². The van der Waals surface area contributed by atoms with Crippen LogP contribution in [0.3, 0.4) is 0 Å². The molecule has 0 aliphatic carbocycles. The topological polar surface area (TPSA) is 53.3 Å². The number of nitrogens with zero attached hydrogens (tertiary/aromatic N) is 2. The van der Waals surface area contributed by atoms with Gasteiger partial charge in [0.15, 0.2) is 0 Å². The minimum Gasteiger partial charge on any atom is -0.444 e. The van der Waals surface area contributed by atoms with Crippen LogP contribution in [0.1, 0.15) is 20.8 Å². The van der Waals surface area contributed by atoms with Crippen LogP contribution in [-0.4, -0.2) is 33.6 Å². The highest BCUT2D eigenvalue weighted by Crippen LogP contribution is 2.24. The number of hydrogen-bond acceptors (Lipinski definition) is 3. The molecule has 1 fully saturated rings. The molecule has 1 saturated heterocycles. The summed E-state index contributed by atoms with van der Waals surface area (Å²) >= 11 is 2.21. The first-order valence-corrected chi connectivity index (χ1v) is 6.09. The Morgan fingerprint density at radius 1 is 1.53 bits per heavy atom. The van der Waals surface area contributed by atoms with E-state index in [1.165, 1.54) is 0 Å². The van der Waals surface area contributed by atoms with Gasteiger partial charge >= 0.3 is 6.09 Å². The Kier molecular flexibility index (Phi) is 3.82. The third-order valence-electron chi connectivity index (χ3n) is 2.07. The molecule has 1 aliphatic heterocycles. The lowest BCUT2D eigenvalue weighted by Crippen LogP contribution is -2.35. The van der Waals surface area contributed by atoms with Crippen molar-refractivity contribution < 1.29 is 9.53 Å². The highest BCUT2D eigenvalue weighted by molar-refractivity contribution is 14.1. The maximum atomic E-state index is 11.7. The maximum Gasteiger partial charge on any atom is 0.410 e. The predicted molar refractivity (Wildman–Crippen MR) is 64.7 cm³/mol. The molecule has 15 heavy (non-hydrogen) atoms. The average Bonchev–Trinajstić information content (AvgIpc) is 2.43. The molecule has 0 bridgehead atoms. The number of carbonyl (C=O) groups is 1. The summed E-state index contributed by atoms with van der Waals surface area (Å²) in [5.41, 5.74) is -0.470. The van der Waals surface area contributed by atoms with E-state index in [-0.39, 0.29) is 15.9 Å². The molecule has 0 aromatic carbocycles. The van der Waals surface area contributed by atoms with Gasteiger partial charge in [0.1, 0.15) is 5.60 Å². The quantitative estimate of drug-likeness (QED) is 0.507. The van der Waals surface area contributed by atoms with E-state index in [9.17, 15) is 4.79 Å². The van der Waals surface area contributed by atoms with E-state index >= 15 is 0 Å². The molecule has 1 aliphatic rings. The van der Waals surface area contributed by atoms with Crippen LogP contribution < -0.4 is 0 Å². The lowest BCUT2D eigenvalue weighted by atomic mass is 10.1. The predicted octanol–water partition coefficient (Wildman–Crippen LogP) is 2.18. The van der Waals surface area contributed by atoms with Gasteiger partial charge in [0.2, 0.25) is 0 Å². The molecule has 2 unspecified atom stereocenters. The van der Waals surface area contributed by atoms with Crippen LogP contribution in [0, 0.1) is 17.2 Å². The second-order valence-electron chi connectivity index (χ2n) is 4.64. The minimum absolute atomic E-state index is 0.0712. The van der Waals surface area contributed by atoms with E-state index in [0.29, 0.717) is 13.1 Å². The van der Waals surface area contributed by atoms with Crippen molar-refractivity contribution in [3.8, 4) is 6.07 Å². The van der Waals surface area contributed by atoms with E-state index in [0.717, 1.165) is 0 Å². The van der Waals surface area contributed by atoms with Crippen molar-refractivity contribution in [1.29, 1.82) is 5.26 Å². The summed E-state index contributed by atoms with van der Waals surface area (Å²) in [7, 11) is 0. The zero-order valence-electron chi connectivity index (χ0n) is 9.16. The van der Waals surface area contributed by atoms with Crippen LogP contribution in [-0.2, 0) is 4.74 Å². The number of nitriles is 1. The second-order valence-corrected chi connectivity index (χ2v) is 6.24. The van der Waals surface area contributed by atoms with Crippen molar-refractivity contribution in [2.45, 2.75) is 30.3 Å². The van der Waals surface area contributed by atoms with Gasteiger partial charge in [-0.1, -0.05) is 22.6 Å². The summed E-state index contributed by atoms with van der Waals surface area (Å²) in [6.07, 6.45) is -0.318. The first-order chi connectivity index (χ1) is 6.83. The SMILES string of the molecule is CC(C)(C)OC(=O)N1CC(I)C(C#N)C1. The highest BCUT2D eigenvalue weighted by Gasteiger charge is 2.35. The first kappa shape index (κ1) is 12.6. The van der Waals surface area contributed by atoms with Gasteiger partial charge in [-0.2, -0.15) is 5.26 Å². The number of likely N-dealkylation sites (tertiary alicyclic amines) is 1. The molecule has 2 atom stereocenters. The number of carbonyl (C=O) groups excluding carboxylic acids is 1. The smallest absolute Gasteiger partial charge is 0.410 e. The lowest BCUT2D eigenvalue weighted by molar-refractivity contribution is 0.0292. The molecule has 0 N–H and O–H groups in total. The molecule has 0 saturated carbocycles. The van der Waals surface area contributed by atoms with E-state index in [1.54, 1.807) is 4.90 Å². The monoisotopic (exact) mass is 322 g/mol. The number of hydrogen-bond donors (Lipinski definition) is 0. The third kappa shape index (κ3) is 3.52. The fraction of sp³-hybridized carbons (Fsp3) is 0.800. The van der Waals surface area contributed by atoms with Crippen molar-refractivity contribution in [2.24, 2.45) is 5.92 Å². The summed E-state index contributed by atoms with van der Waals surface area (Å²) in [5.74, 6) is -0.0712. The number of amides is 1. The summed E-state index contributed by atoms with van der Waals surface area (Å²) in [6, 6.07) is 2.20. The Morgan fingerprint density at radius 2 is 2.13 bits per heavy atom. The van der Waals surface area contributed by atoms with Gasteiger partial charge in [0, 0.05) is 17.0 Å². The Bertz CT molecular complexity index is 293. The summed E-state index contributed by atoms with van der Waals surface area (Å²) in [6.45, 7) is 6.60. The van der Waals surface area contributed by atoms with E-state index < -0.39 is 5.60 Å². The van der Waals surface area contributed by atoms with Gasteiger partial charge in [-0.15, -0.1) is 0 Å². The fourth-order valence-electron chi connectivity index (χ4n) is 1.36. The standard InChI is InChI=1S/C10H15IN2O2/c1-10(2,3)15-9(14)13-5-7(4-12)8(11)6-13/h7-8H,5-6H2,1-3H3. The van der Waals surface area contributed by atoms with Gasteiger partial charge in [-0.05, 0) is 20.8 Å². The minimum atomic E-state index is -0.470. The molecule has 1 heterocycles. The van der Waals surface area contributed by atoms with Gasteiger partial charge in [-0.25, -0.2) is 4.79 Å². The Hall–Kier alpha value is -0.510. The average molecular weight is 322 g/mol. The zero-order chi connectivity index (χ0) is 11.6. The molecule has 0 aromatic rings. The largest absolute Gasteiger partial charge is 0.444 e. The Balaban J connectivity index is 2.54. The van der Waals surface area contributed by atoms with Gasteiger partial charge in [0.05, 0.1) is 12.0 Å². The molecular formula is C10H15IN2O2. The normalized spacial score (nSPS) is 26.2. The Labute approximate surface area is 104 Å². The highest BCUT2D eigenvalue weighted by atomic mass is 127. The Morgan fingerprint density at radius 3 is 2.53 bits per heavy atom. The number of halogens is 1. The van der Waals surface area contributed by atoms with Crippen molar-refractivity contribution in [3.05, 3.63) is 0 Å². The van der Waals surface area contributed by atoms with Gasteiger partial charge < -0.3 is 9.64 Å². The second kappa shape index (κ2) is 4.56. The van der Waals surface area contributed by atoms with Crippen LogP contribution in [0.15, 0.2) is 0 Å². The van der Waals surface area contributed by atoms with E-state index in [4.69, 9.17) is 10.00 Å². The molecular weight excluding hydrogens is 307 g/mol. The van der Waals surface area contributed by atoms with Crippen LogP contribution in [0.25, 0.3) is 0 Å². The maximum absolute atomic E-state index is 11.7. The molecule has 0 aromatic heterocycles. The molecule has 0 radical (unpaired) electrons. The number of ether oxygens (including phenoxy) is 1. The van der Waals surface area contributed by atoms with Gasteiger partial charge in [0.25, 0.3) is 0 Å². The number of alkyl halides is 1.